The molecule has 1 saturated carbocycles. The lowest BCUT2D eigenvalue weighted by Gasteiger charge is -2.17. The first-order valence-corrected chi connectivity index (χ1v) is 13.8. The monoisotopic (exact) mass is 539 g/mol. The summed E-state index contributed by atoms with van der Waals surface area (Å²) in [6.07, 6.45) is 0.128. The number of rotatable bonds is 9. The molecule has 5 rings (SSSR count). The molecule has 2 atom stereocenters. The Morgan fingerprint density at radius 1 is 1.00 bits per heavy atom. The standard InChI is InChI=1S/C27H22ClNO5S2/c28-20-12-10-19(11-13-20)24-14-15-25(35-24)36(32,33)29-27(26(30)31)16-22(27)21-8-4-5-9-23(21)34-17-18-6-2-1-3-7-18/h1-15,22,29H,16-17H2,(H,30,31)/t22-,27+/m0/s1. The van der Waals surface area contributed by atoms with Crippen molar-refractivity contribution in [3.8, 4) is 16.2 Å². The van der Waals surface area contributed by atoms with Gasteiger partial charge in [0.2, 0.25) is 0 Å². The lowest BCUT2D eigenvalue weighted by Crippen LogP contribution is -2.44. The van der Waals surface area contributed by atoms with E-state index in [9.17, 15) is 18.3 Å². The summed E-state index contributed by atoms with van der Waals surface area (Å²) >= 11 is 7.02. The maximum Gasteiger partial charge on any atom is 0.325 e. The first-order chi connectivity index (χ1) is 17.3. The van der Waals surface area contributed by atoms with E-state index < -0.39 is 27.4 Å². The van der Waals surface area contributed by atoms with Crippen molar-refractivity contribution in [2.45, 2.75) is 28.7 Å². The van der Waals surface area contributed by atoms with E-state index in [4.69, 9.17) is 16.3 Å². The van der Waals surface area contributed by atoms with Crippen LogP contribution in [-0.4, -0.2) is 25.0 Å². The van der Waals surface area contributed by atoms with Gasteiger partial charge in [-0.25, -0.2) is 8.42 Å². The first-order valence-electron chi connectivity index (χ1n) is 11.2. The van der Waals surface area contributed by atoms with E-state index in [0.29, 0.717) is 22.9 Å². The summed E-state index contributed by atoms with van der Waals surface area (Å²) in [6.45, 7) is 0.318. The van der Waals surface area contributed by atoms with Crippen molar-refractivity contribution in [3.63, 3.8) is 0 Å². The van der Waals surface area contributed by atoms with E-state index in [1.54, 1.807) is 48.5 Å². The molecular weight excluding hydrogens is 518 g/mol. The van der Waals surface area contributed by atoms with Crippen LogP contribution in [0.1, 0.15) is 23.5 Å². The fourth-order valence-electron chi connectivity index (χ4n) is 4.19. The number of para-hydroxylation sites is 1. The van der Waals surface area contributed by atoms with Gasteiger partial charge in [0.15, 0.2) is 0 Å². The van der Waals surface area contributed by atoms with Crippen molar-refractivity contribution in [1.82, 2.24) is 4.72 Å². The van der Waals surface area contributed by atoms with Crippen LogP contribution < -0.4 is 9.46 Å². The Morgan fingerprint density at radius 3 is 2.42 bits per heavy atom. The number of ether oxygens (including phenoxy) is 1. The molecule has 1 heterocycles. The number of carboxylic acid groups (broad SMARTS) is 1. The highest BCUT2D eigenvalue weighted by molar-refractivity contribution is 7.91. The van der Waals surface area contributed by atoms with Crippen molar-refractivity contribution in [1.29, 1.82) is 0 Å². The number of hydrogen-bond donors (Lipinski definition) is 2. The predicted octanol–water partition coefficient (Wildman–Crippen LogP) is 5.94. The van der Waals surface area contributed by atoms with E-state index in [1.165, 1.54) is 6.07 Å². The van der Waals surface area contributed by atoms with Crippen molar-refractivity contribution in [2.75, 3.05) is 0 Å². The topological polar surface area (TPSA) is 92.7 Å². The third kappa shape index (κ3) is 4.90. The molecule has 3 aromatic carbocycles. The van der Waals surface area contributed by atoms with Gasteiger partial charge in [-0.3, -0.25) is 4.79 Å². The van der Waals surface area contributed by atoms with Crippen LogP contribution >= 0.6 is 22.9 Å². The van der Waals surface area contributed by atoms with Gasteiger partial charge in [-0.15, -0.1) is 11.3 Å². The first kappa shape index (κ1) is 24.5. The highest BCUT2D eigenvalue weighted by Gasteiger charge is 2.64. The van der Waals surface area contributed by atoms with Gasteiger partial charge in [-0.2, -0.15) is 4.72 Å². The molecule has 0 aliphatic heterocycles. The molecule has 0 amide bonds. The van der Waals surface area contributed by atoms with E-state index in [0.717, 1.165) is 27.3 Å². The second-order valence-corrected chi connectivity index (χ2v) is 12.0. The molecule has 1 fully saturated rings. The van der Waals surface area contributed by atoms with Gasteiger partial charge < -0.3 is 9.84 Å². The van der Waals surface area contributed by atoms with Gasteiger partial charge in [0.05, 0.1) is 0 Å². The van der Waals surface area contributed by atoms with Crippen LogP contribution in [0, 0.1) is 0 Å². The van der Waals surface area contributed by atoms with Crippen molar-refractivity contribution >= 4 is 38.9 Å². The number of nitrogens with one attached hydrogen (secondary N) is 1. The number of thiophene rings is 1. The molecule has 0 bridgehead atoms. The summed E-state index contributed by atoms with van der Waals surface area (Å²) in [5, 5.41) is 10.7. The Morgan fingerprint density at radius 2 is 1.69 bits per heavy atom. The Kier molecular flexibility index (Phi) is 6.61. The third-order valence-corrected chi connectivity index (χ3v) is 9.55. The summed E-state index contributed by atoms with van der Waals surface area (Å²) in [5.41, 5.74) is 0.816. The number of benzene rings is 3. The molecule has 2 N–H and O–H groups in total. The fraction of sp³-hybridized carbons (Fsp3) is 0.148. The number of hydrogen-bond acceptors (Lipinski definition) is 5. The predicted molar refractivity (Wildman–Crippen MR) is 140 cm³/mol. The van der Waals surface area contributed by atoms with E-state index >= 15 is 0 Å². The molecule has 1 aromatic heterocycles. The molecule has 1 aliphatic carbocycles. The Hall–Kier alpha value is -3.17. The zero-order valence-corrected chi connectivity index (χ0v) is 21.3. The maximum absolute atomic E-state index is 13.2. The lowest BCUT2D eigenvalue weighted by atomic mass is 10.1. The average Bonchev–Trinajstić information content (AvgIpc) is 3.36. The fourth-order valence-corrected chi connectivity index (χ4v) is 7.03. The zero-order chi connectivity index (χ0) is 25.3. The highest BCUT2D eigenvalue weighted by Crippen LogP contribution is 2.55. The Balaban J connectivity index is 1.37. The van der Waals surface area contributed by atoms with Crippen LogP contribution in [0.25, 0.3) is 10.4 Å². The normalized spacial score (nSPS) is 19.1. The van der Waals surface area contributed by atoms with Crippen molar-refractivity contribution in [2.24, 2.45) is 0 Å². The molecule has 0 spiro atoms. The molecule has 0 unspecified atom stereocenters. The van der Waals surface area contributed by atoms with E-state index in [-0.39, 0.29) is 10.6 Å². The van der Waals surface area contributed by atoms with Gasteiger partial charge in [-0.05, 0) is 53.4 Å². The van der Waals surface area contributed by atoms with Crippen molar-refractivity contribution < 1.29 is 23.1 Å². The van der Waals surface area contributed by atoms with Crippen LogP contribution in [0.3, 0.4) is 0 Å². The highest BCUT2D eigenvalue weighted by atomic mass is 35.5. The number of sulfonamides is 1. The van der Waals surface area contributed by atoms with E-state index in [2.05, 4.69) is 4.72 Å². The van der Waals surface area contributed by atoms with Gasteiger partial charge in [0, 0.05) is 15.8 Å². The molecule has 1 aliphatic rings. The number of halogens is 1. The van der Waals surface area contributed by atoms with Crippen molar-refractivity contribution in [3.05, 3.63) is 107 Å². The molecule has 9 heteroatoms. The number of carbonyl (C=O) groups is 1. The van der Waals surface area contributed by atoms with Crippen LogP contribution in [0.15, 0.2) is 95.2 Å². The molecular formula is C27H22ClNO5S2. The summed E-state index contributed by atoms with van der Waals surface area (Å²) in [4.78, 5) is 13.1. The van der Waals surface area contributed by atoms with Gasteiger partial charge >= 0.3 is 5.97 Å². The van der Waals surface area contributed by atoms with E-state index in [1.807, 2.05) is 36.4 Å². The zero-order valence-electron chi connectivity index (χ0n) is 18.9. The molecule has 184 valence electrons. The summed E-state index contributed by atoms with van der Waals surface area (Å²) in [6, 6.07) is 27.0. The molecule has 0 saturated heterocycles. The second-order valence-electron chi connectivity index (χ2n) is 8.58. The quantitative estimate of drug-likeness (QED) is 0.275. The largest absolute Gasteiger partial charge is 0.489 e. The number of carboxylic acids is 1. The summed E-state index contributed by atoms with van der Waals surface area (Å²) in [7, 11) is -4.08. The van der Waals surface area contributed by atoms with Crippen LogP contribution in [-0.2, 0) is 21.4 Å². The minimum absolute atomic E-state index is 0.0485. The Bertz CT molecular complexity index is 1500. The van der Waals surface area contributed by atoms with Crippen LogP contribution in [0.2, 0.25) is 5.02 Å². The minimum Gasteiger partial charge on any atom is -0.489 e. The summed E-state index contributed by atoms with van der Waals surface area (Å²) in [5.74, 6) is -1.24. The smallest absolute Gasteiger partial charge is 0.325 e. The third-order valence-electron chi connectivity index (χ3n) is 6.17. The minimum atomic E-state index is -4.08. The average molecular weight is 540 g/mol. The molecule has 36 heavy (non-hydrogen) atoms. The molecule has 6 nitrogen and oxygen atoms in total. The van der Waals surface area contributed by atoms with Crippen LogP contribution in [0.5, 0.6) is 5.75 Å². The van der Waals surface area contributed by atoms with Gasteiger partial charge in [-0.1, -0.05) is 72.3 Å². The SMILES string of the molecule is O=C(O)[C@@]1(NS(=O)(=O)c2ccc(-c3ccc(Cl)cc3)s2)C[C@H]1c1ccccc1OCc1ccccc1. The second kappa shape index (κ2) is 9.71. The molecule has 0 radical (unpaired) electrons. The lowest BCUT2D eigenvalue weighted by molar-refractivity contribution is -0.140. The van der Waals surface area contributed by atoms with Gasteiger partial charge in [0.1, 0.15) is 22.1 Å². The van der Waals surface area contributed by atoms with Gasteiger partial charge in [0.25, 0.3) is 10.0 Å². The number of aliphatic carboxylic acids is 1. The van der Waals surface area contributed by atoms with Crippen LogP contribution in [0.4, 0.5) is 0 Å². The summed E-state index contributed by atoms with van der Waals surface area (Å²) < 4.78 is 35.0. The maximum atomic E-state index is 13.2. The Labute approximate surface area is 218 Å². The molecule has 4 aromatic rings.